The van der Waals surface area contributed by atoms with E-state index < -0.39 is 0 Å². The second kappa shape index (κ2) is 7.18. The van der Waals surface area contributed by atoms with Crippen LogP contribution in [0, 0.1) is 11.2 Å². The molecule has 92 valence electrons. The molecule has 0 atom stereocenters. The Bertz CT molecular complexity index is 419. The first-order chi connectivity index (χ1) is 8.09. The molecule has 0 bridgehead atoms. The van der Waals surface area contributed by atoms with Gasteiger partial charge in [0.1, 0.15) is 5.82 Å². The van der Waals surface area contributed by atoms with Gasteiger partial charge in [-0.05, 0) is 12.1 Å². The van der Waals surface area contributed by atoms with E-state index in [0.29, 0.717) is 16.4 Å². The molecular weight excluding hydrogens is 259 g/mol. The van der Waals surface area contributed by atoms with Crippen LogP contribution in [0.15, 0.2) is 34.2 Å². The highest BCUT2D eigenvalue weighted by Gasteiger charge is 2.02. The number of guanidine groups is 1. The Hall–Kier alpha value is -1.21. The average molecular weight is 272 g/mol. The third kappa shape index (κ3) is 5.60. The number of hydrogen-bond donors (Lipinski definition) is 3. The first-order valence-corrected chi connectivity index (χ1v) is 6.75. The zero-order chi connectivity index (χ0) is 12.7. The van der Waals surface area contributed by atoms with Gasteiger partial charge in [0.25, 0.3) is 0 Å². The van der Waals surface area contributed by atoms with Gasteiger partial charge in [-0.15, -0.1) is 11.8 Å². The Morgan fingerprint density at radius 2 is 2.00 bits per heavy atom. The molecule has 0 heterocycles. The van der Waals surface area contributed by atoms with Gasteiger partial charge in [0, 0.05) is 16.4 Å². The first kappa shape index (κ1) is 13.9. The smallest absolute Gasteiger partial charge is 0.193 e. The summed E-state index contributed by atoms with van der Waals surface area (Å²) in [6.07, 6.45) is 0. The Morgan fingerprint density at radius 1 is 1.29 bits per heavy atom. The molecule has 1 aromatic rings. The SMILES string of the molecule is N=C(N=C(N)N)SCCSc1ccccc1F. The number of nitrogens with zero attached hydrogens (tertiary/aromatic N) is 1. The summed E-state index contributed by atoms with van der Waals surface area (Å²) in [6, 6.07) is 6.60. The van der Waals surface area contributed by atoms with Crippen molar-refractivity contribution in [3.63, 3.8) is 0 Å². The summed E-state index contributed by atoms with van der Waals surface area (Å²) < 4.78 is 13.2. The summed E-state index contributed by atoms with van der Waals surface area (Å²) in [5, 5.41) is 7.45. The Morgan fingerprint density at radius 3 is 2.65 bits per heavy atom. The molecule has 0 aromatic heterocycles. The lowest BCUT2D eigenvalue weighted by Crippen LogP contribution is -2.23. The van der Waals surface area contributed by atoms with Crippen LogP contribution in [0.2, 0.25) is 0 Å². The second-order valence-corrected chi connectivity index (χ2v) is 5.19. The van der Waals surface area contributed by atoms with Crippen molar-refractivity contribution in [1.82, 2.24) is 0 Å². The minimum atomic E-state index is -0.221. The minimum absolute atomic E-state index is 0.0686. The highest BCUT2D eigenvalue weighted by atomic mass is 32.2. The number of rotatable bonds is 4. The van der Waals surface area contributed by atoms with Crippen molar-refractivity contribution in [1.29, 1.82) is 5.41 Å². The number of thioether (sulfide) groups is 2. The molecule has 0 spiro atoms. The molecule has 5 N–H and O–H groups in total. The molecule has 4 nitrogen and oxygen atoms in total. The summed E-state index contributed by atoms with van der Waals surface area (Å²) in [4.78, 5) is 4.19. The molecule has 0 amide bonds. The maximum Gasteiger partial charge on any atom is 0.193 e. The van der Waals surface area contributed by atoms with Crippen molar-refractivity contribution < 1.29 is 4.39 Å². The zero-order valence-electron chi connectivity index (χ0n) is 9.02. The number of benzene rings is 1. The zero-order valence-corrected chi connectivity index (χ0v) is 10.7. The average Bonchev–Trinajstić information content (AvgIpc) is 2.25. The lowest BCUT2D eigenvalue weighted by Gasteiger charge is -2.02. The number of hydrogen-bond acceptors (Lipinski definition) is 3. The normalized spacial score (nSPS) is 9.94. The van der Waals surface area contributed by atoms with E-state index in [9.17, 15) is 4.39 Å². The van der Waals surface area contributed by atoms with E-state index in [0.717, 1.165) is 0 Å². The van der Waals surface area contributed by atoms with Crippen LogP contribution in [0.25, 0.3) is 0 Å². The fourth-order valence-corrected chi connectivity index (χ4v) is 2.63. The maximum absolute atomic E-state index is 13.2. The molecular formula is C10H13FN4S2. The molecule has 0 saturated carbocycles. The van der Waals surface area contributed by atoms with E-state index in [1.54, 1.807) is 18.2 Å². The maximum atomic E-state index is 13.2. The van der Waals surface area contributed by atoms with Crippen LogP contribution in [-0.2, 0) is 0 Å². The van der Waals surface area contributed by atoms with Crippen LogP contribution in [0.3, 0.4) is 0 Å². The number of halogens is 1. The summed E-state index contributed by atoms with van der Waals surface area (Å²) in [5.41, 5.74) is 10.3. The molecule has 0 aliphatic carbocycles. The van der Waals surface area contributed by atoms with Crippen LogP contribution >= 0.6 is 23.5 Å². The molecule has 1 aromatic carbocycles. The van der Waals surface area contributed by atoms with Gasteiger partial charge in [-0.1, -0.05) is 23.9 Å². The van der Waals surface area contributed by atoms with Crippen LogP contribution < -0.4 is 11.5 Å². The van der Waals surface area contributed by atoms with Crippen molar-refractivity contribution in [2.45, 2.75) is 4.90 Å². The van der Waals surface area contributed by atoms with Crippen molar-refractivity contribution in [3.05, 3.63) is 30.1 Å². The van der Waals surface area contributed by atoms with Gasteiger partial charge in [-0.3, -0.25) is 5.41 Å². The Balaban J connectivity index is 2.28. The number of nitrogens with one attached hydrogen (secondary N) is 1. The van der Waals surface area contributed by atoms with E-state index in [1.165, 1.54) is 29.6 Å². The second-order valence-electron chi connectivity index (χ2n) is 2.97. The number of aliphatic imine (C=N–C) groups is 1. The number of nitrogens with two attached hydrogens (primary N) is 2. The molecule has 7 heteroatoms. The summed E-state index contributed by atoms with van der Waals surface area (Å²) in [6.45, 7) is 0. The number of amidine groups is 1. The van der Waals surface area contributed by atoms with Crippen LogP contribution in [0.4, 0.5) is 4.39 Å². The topological polar surface area (TPSA) is 88.2 Å². The van der Waals surface area contributed by atoms with E-state index in [2.05, 4.69) is 4.99 Å². The predicted molar refractivity (Wildman–Crippen MR) is 73.1 cm³/mol. The lowest BCUT2D eigenvalue weighted by atomic mass is 10.3. The lowest BCUT2D eigenvalue weighted by molar-refractivity contribution is 0.602. The van der Waals surface area contributed by atoms with Crippen molar-refractivity contribution in [3.8, 4) is 0 Å². The molecule has 0 aliphatic heterocycles. The van der Waals surface area contributed by atoms with E-state index in [4.69, 9.17) is 16.9 Å². The van der Waals surface area contributed by atoms with Crippen molar-refractivity contribution in [2.75, 3.05) is 11.5 Å². The molecule has 17 heavy (non-hydrogen) atoms. The molecule has 0 radical (unpaired) electrons. The van der Waals surface area contributed by atoms with E-state index in [-0.39, 0.29) is 16.9 Å². The van der Waals surface area contributed by atoms with Crippen molar-refractivity contribution >= 4 is 34.7 Å². The van der Waals surface area contributed by atoms with Crippen molar-refractivity contribution in [2.24, 2.45) is 16.5 Å². The van der Waals surface area contributed by atoms with Crippen LogP contribution in [-0.4, -0.2) is 22.6 Å². The van der Waals surface area contributed by atoms with Gasteiger partial charge in [-0.2, -0.15) is 4.99 Å². The van der Waals surface area contributed by atoms with Crippen LogP contribution in [0.5, 0.6) is 0 Å². The highest BCUT2D eigenvalue weighted by molar-refractivity contribution is 8.14. The fourth-order valence-electron chi connectivity index (χ4n) is 1.00. The van der Waals surface area contributed by atoms with Crippen LogP contribution in [0.1, 0.15) is 0 Å². The van der Waals surface area contributed by atoms with Gasteiger partial charge in [0.05, 0.1) is 0 Å². The molecule has 1 rings (SSSR count). The van der Waals surface area contributed by atoms with E-state index >= 15 is 0 Å². The summed E-state index contributed by atoms with van der Waals surface area (Å²) in [5.74, 6) is 0.994. The largest absolute Gasteiger partial charge is 0.370 e. The summed E-state index contributed by atoms with van der Waals surface area (Å²) in [7, 11) is 0. The standard InChI is InChI=1S/C10H13FN4S2/c11-7-3-1-2-4-8(7)16-5-6-17-10(14)15-9(12)13/h1-4H,5-6H2,(H5,12,13,14,15). The molecule has 0 aliphatic rings. The molecule has 0 saturated heterocycles. The van der Waals surface area contributed by atoms with Gasteiger partial charge < -0.3 is 11.5 Å². The Labute approximate surface area is 108 Å². The summed E-state index contributed by atoms with van der Waals surface area (Å²) >= 11 is 2.63. The fraction of sp³-hybridized carbons (Fsp3) is 0.200. The minimum Gasteiger partial charge on any atom is -0.370 e. The Kier molecular flexibility index (Phi) is 5.85. The van der Waals surface area contributed by atoms with E-state index in [1.807, 2.05) is 0 Å². The monoisotopic (exact) mass is 272 g/mol. The van der Waals surface area contributed by atoms with Gasteiger partial charge >= 0.3 is 0 Å². The molecule has 0 fully saturated rings. The highest BCUT2D eigenvalue weighted by Crippen LogP contribution is 2.22. The molecule has 0 unspecified atom stereocenters. The quantitative estimate of drug-likeness (QED) is 0.338. The van der Waals surface area contributed by atoms with Gasteiger partial charge in [0.15, 0.2) is 11.1 Å². The predicted octanol–water partition coefficient (Wildman–Crippen LogP) is 1.86. The van der Waals surface area contributed by atoms with Gasteiger partial charge in [0.2, 0.25) is 0 Å². The van der Waals surface area contributed by atoms with Gasteiger partial charge in [-0.25, -0.2) is 4.39 Å². The first-order valence-electron chi connectivity index (χ1n) is 4.78. The third-order valence-corrected chi connectivity index (χ3v) is 3.73. The third-order valence-electron chi connectivity index (χ3n) is 1.65.